The highest BCUT2D eigenvalue weighted by Gasteiger charge is 2.39. The number of aryl methyl sites for hydroxylation is 2. The molecule has 1 saturated carbocycles. The van der Waals surface area contributed by atoms with Crippen LogP contribution in [0.2, 0.25) is 0 Å². The number of aliphatic hydroxyl groups excluding tert-OH is 1. The molecule has 0 aromatic heterocycles. The fourth-order valence-corrected chi connectivity index (χ4v) is 3.24. The van der Waals surface area contributed by atoms with Crippen LogP contribution < -0.4 is 0 Å². The Balaban J connectivity index is 2.34. The Morgan fingerprint density at radius 3 is 2.32 bits per heavy atom. The van der Waals surface area contributed by atoms with Gasteiger partial charge in [-0.3, -0.25) is 0 Å². The van der Waals surface area contributed by atoms with Crippen molar-refractivity contribution in [3.05, 3.63) is 34.9 Å². The Labute approximate surface area is 116 Å². The molecule has 1 N–H and O–H groups in total. The predicted molar refractivity (Wildman–Crippen MR) is 76.6 cm³/mol. The first-order chi connectivity index (χ1) is 9.09. The van der Waals surface area contributed by atoms with Crippen molar-refractivity contribution in [2.45, 2.75) is 58.5 Å². The SMILES string of the molecule is Cc1ccc(C(O)C2(C#N)CCCCCC2)c(C)c1. The summed E-state index contributed by atoms with van der Waals surface area (Å²) in [5.41, 5.74) is 2.62. The zero-order valence-corrected chi connectivity index (χ0v) is 11.9. The summed E-state index contributed by atoms with van der Waals surface area (Å²) in [4.78, 5) is 0. The Morgan fingerprint density at radius 1 is 1.16 bits per heavy atom. The Morgan fingerprint density at radius 2 is 1.79 bits per heavy atom. The van der Waals surface area contributed by atoms with Crippen LogP contribution >= 0.6 is 0 Å². The maximum Gasteiger partial charge on any atom is 0.0978 e. The highest BCUT2D eigenvalue weighted by atomic mass is 16.3. The standard InChI is InChI=1S/C17H23NO/c1-13-7-8-15(14(2)11-13)16(19)17(12-18)9-5-3-4-6-10-17/h7-8,11,16,19H,3-6,9-10H2,1-2H3. The molecule has 19 heavy (non-hydrogen) atoms. The van der Waals surface area contributed by atoms with Crippen molar-refractivity contribution < 1.29 is 5.11 Å². The first-order valence-electron chi connectivity index (χ1n) is 7.25. The van der Waals surface area contributed by atoms with Gasteiger partial charge in [0, 0.05) is 0 Å². The van der Waals surface area contributed by atoms with Gasteiger partial charge < -0.3 is 5.11 Å². The summed E-state index contributed by atoms with van der Waals surface area (Å²) < 4.78 is 0. The molecule has 1 aromatic rings. The van der Waals surface area contributed by atoms with Crippen molar-refractivity contribution in [1.82, 2.24) is 0 Å². The fourth-order valence-electron chi connectivity index (χ4n) is 3.24. The van der Waals surface area contributed by atoms with Gasteiger partial charge in [0.1, 0.15) is 0 Å². The molecule has 102 valence electrons. The van der Waals surface area contributed by atoms with E-state index in [0.29, 0.717) is 0 Å². The number of aliphatic hydroxyl groups is 1. The van der Waals surface area contributed by atoms with Gasteiger partial charge in [0.15, 0.2) is 0 Å². The molecule has 2 heteroatoms. The molecule has 0 radical (unpaired) electrons. The zero-order chi connectivity index (χ0) is 13.9. The van der Waals surface area contributed by atoms with Crippen LogP contribution in [0.15, 0.2) is 18.2 Å². The third-order valence-corrected chi connectivity index (χ3v) is 4.46. The van der Waals surface area contributed by atoms with E-state index in [1.54, 1.807) is 0 Å². The van der Waals surface area contributed by atoms with Gasteiger partial charge in [-0.15, -0.1) is 0 Å². The fraction of sp³-hybridized carbons (Fsp3) is 0.588. The van der Waals surface area contributed by atoms with Crippen molar-refractivity contribution in [2.75, 3.05) is 0 Å². The van der Waals surface area contributed by atoms with E-state index in [0.717, 1.165) is 36.8 Å². The van der Waals surface area contributed by atoms with Gasteiger partial charge in [0.25, 0.3) is 0 Å². The molecule has 1 aliphatic carbocycles. The summed E-state index contributed by atoms with van der Waals surface area (Å²) in [6.07, 6.45) is 5.45. The van der Waals surface area contributed by atoms with E-state index in [-0.39, 0.29) is 0 Å². The maximum absolute atomic E-state index is 10.8. The van der Waals surface area contributed by atoms with Gasteiger partial charge in [-0.1, -0.05) is 49.4 Å². The van der Waals surface area contributed by atoms with Gasteiger partial charge in [-0.2, -0.15) is 5.26 Å². The smallest absolute Gasteiger partial charge is 0.0978 e. The predicted octanol–water partition coefficient (Wildman–Crippen LogP) is 4.20. The second-order valence-electron chi connectivity index (χ2n) is 5.94. The molecule has 0 aliphatic heterocycles. The molecule has 0 amide bonds. The molecule has 1 atom stereocenters. The molecule has 1 aliphatic rings. The monoisotopic (exact) mass is 257 g/mol. The lowest BCUT2D eigenvalue weighted by Gasteiger charge is -2.31. The summed E-state index contributed by atoms with van der Waals surface area (Å²) >= 11 is 0. The van der Waals surface area contributed by atoms with Crippen LogP contribution in [0.25, 0.3) is 0 Å². The third-order valence-electron chi connectivity index (χ3n) is 4.46. The average Bonchev–Trinajstić information content (AvgIpc) is 2.64. The van der Waals surface area contributed by atoms with Crippen LogP contribution in [0.3, 0.4) is 0 Å². The summed E-state index contributed by atoms with van der Waals surface area (Å²) in [7, 11) is 0. The van der Waals surface area contributed by atoms with E-state index in [1.807, 2.05) is 19.1 Å². The Bertz CT molecular complexity index is 479. The van der Waals surface area contributed by atoms with Crippen LogP contribution in [-0.4, -0.2) is 5.11 Å². The van der Waals surface area contributed by atoms with Gasteiger partial charge >= 0.3 is 0 Å². The van der Waals surface area contributed by atoms with Crippen molar-refractivity contribution in [1.29, 1.82) is 5.26 Å². The van der Waals surface area contributed by atoms with Crippen LogP contribution in [0.5, 0.6) is 0 Å². The molecule has 0 spiro atoms. The lowest BCUT2D eigenvalue weighted by atomic mass is 9.73. The topological polar surface area (TPSA) is 44.0 Å². The van der Waals surface area contributed by atoms with Crippen LogP contribution in [0, 0.1) is 30.6 Å². The number of hydrogen-bond donors (Lipinski definition) is 1. The lowest BCUT2D eigenvalue weighted by molar-refractivity contribution is 0.0511. The molecule has 1 aromatic carbocycles. The molecule has 0 heterocycles. The van der Waals surface area contributed by atoms with Crippen molar-refractivity contribution >= 4 is 0 Å². The van der Waals surface area contributed by atoms with Crippen molar-refractivity contribution in [3.8, 4) is 6.07 Å². The van der Waals surface area contributed by atoms with Crippen LogP contribution in [0.1, 0.15) is 61.3 Å². The quantitative estimate of drug-likeness (QED) is 0.807. The largest absolute Gasteiger partial charge is 0.387 e. The molecular formula is C17H23NO. The van der Waals surface area contributed by atoms with Gasteiger partial charge in [-0.25, -0.2) is 0 Å². The first kappa shape index (κ1) is 14.1. The molecule has 1 fully saturated rings. The zero-order valence-electron chi connectivity index (χ0n) is 11.9. The third kappa shape index (κ3) is 2.82. The molecular weight excluding hydrogens is 234 g/mol. The highest BCUT2D eigenvalue weighted by Crippen LogP contribution is 2.45. The second-order valence-corrected chi connectivity index (χ2v) is 5.94. The van der Waals surface area contributed by atoms with E-state index in [4.69, 9.17) is 0 Å². The summed E-state index contributed by atoms with van der Waals surface area (Å²) in [5, 5.41) is 20.4. The van der Waals surface area contributed by atoms with Crippen LogP contribution in [-0.2, 0) is 0 Å². The van der Waals surface area contributed by atoms with Gasteiger partial charge in [-0.05, 0) is 37.8 Å². The van der Waals surface area contributed by atoms with E-state index in [9.17, 15) is 10.4 Å². The average molecular weight is 257 g/mol. The van der Waals surface area contributed by atoms with Crippen molar-refractivity contribution in [3.63, 3.8) is 0 Å². The summed E-state index contributed by atoms with van der Waals surface area (Å²) in [6.45, 7) is 4.07. The highest BCUT2D eigenvalue weighted by molar-refractivity contribution is 5.34. The molecule has 1 unspecified atom stereocenters. The minimum Gasteiger partial charge on any atom is -0.387 e. The second kappa shape index (κ2) is 5.75. The summed E-state index contributed by atoms with van der Waals surface area (Å²) in [6, 6.07) is 8.54. The van der Waals surface area contributed by atoms with E-state index in [2.05, 4.69) is 19.1 Å². The molecule has 0 bridgehead atoms. The minimum atomic E-state index is -0.656. The van der Waals surface area contributed by atoms with E-state index in [1.165, 1.54) is 18.4 Å². The van der Waals surface area contributed by atoms with E-state index >= 15 is 0 Å². The normalized spacial score (nSPS) is 20.3. The molecule has 2 rings (SSSR count). The summed E-state index contributed by atoms with van der Waals surface area (Å²) in [5.74, 6) is 0. The lowest BCUT2D eigenvalue weighted by Crippen LogP contribution is -2.27. The number of benzene rings is 1. The maximum atomic E-state index is 10.8. The van der Waals surface area contributed by atoms with Crippen molar-refractivity contribution in [2.24, 2.45) is 5.41 Å². The number of rotatable bonds is 2. The molecule has 2 nitrogen and oxygen atoms in total. The number of hydrogen-bond acceptors (Lipinski definition) is 2. The van der Waals surface area contributed by atoms with Gasteiger partial charge in [0.05, 0.1) is 17.6 Å². The number of nitriles is 1. The van der Waals surface area contributed by atoms with E-state index < -0.39 is 11.5 Å². The Hall–Kier alpha value is -1.33. The van der Waals surface area contributed by atoms with Crippen LogP contribution in [0.4, 0.5) is 0 Å². The minimum absolute atomic E-state index is 0.587. The molecule has 0 saturated heterocycles. The Kier molecular flexibility index (Phi) is 4.27. The van der Waals surface area contributed by atoms with Gasteiger partial charge in [0.2, 0.25) is 0 Å². The number of nitrogens with zero attached hydrogens (tertiary/aromatic N) is 1. The first-order valence-corrected chi connectivity index (χ1v) is 7.25.